The van der Waals surface area contributed by atoms with E-state index in [1.165, 1.54) is 18.4 Å². The third kappa shape index (κ3) is 4.36. The molecule has 1 aliphatic heterocycles. The van der Waals surface area contributed by atoms with E-state index in [0.717, 1.165) is 23.4 Å². The van der Waals surface area contributed by atoms with Gasteiger partial charge in [0.2, 0.25) is 0 Å². The lowest BCUT2D eigenvalue weighted by molar-refractivity contribution is -0.137. The first kappa shape index (κ1) is 21.6. The first-order valence-electron chi connectivity index (χ1n) is 10.2. The predicted octanol–water partition coefficient (Wildman–Crippen LogP) is 5.48. The highest BCUT2D eigenvalue weighted by atomic mass is 35.5. The molecule has 2 aromatic heterocycles. The Morgan fingerprint density at radius 1 is 1.12 bits per heavy atom. The molecule has 0 saturated carbocycles. The Balaban J connectivity index is 1.34. The molecule has 0 N–H and O–H groups in total. The van der Waals surface area contributed by atoms with Gasteiger partial charge in [-0.1, -0.05) is 23.7 Å². The van der Waals surface area contributed by atoms with E-state index in [1.54, 1.807) is 24.4 Å². The second kappa shape index (κ2) is 8.28. The van der Waals surface area contributed by atoms with Crippen molar-refractivity contribution in [3.63, 3.8) is 0 Å². The maximum Gasteiger partial charge on any atom is 0.416 e. The number of hydrogen-bond acceptors (Lipinski definition) is 5. The van der Waals surface area contributed by atoms with Crippen LogP contribution >= 0.6 is 11.6 Å². The van der Waals surface area contributed by atoms with Gasteiger partial charge in [0, 0.05) is 54.0 Å². The van der Waals surface area contributed by atoms with Gasteiger partial charge in [0.15, 0.2) is 11.3 Å². The molecule has 0 bridgehead atoms. The summed E-state index contributed by atoms with van der Waals surface area (Å²) in [5.41, 5.74) is 2.51. The van der Waals surface area contributed by atoms with Crippen LogP contribution in [0.15, 0.2) is 64.1 Å². The average Bonchev–Trinajstić information content (AvgIpc) is 2.80. The van der Waals surface area contributed by atoms with Gasteiger partial charge in [-0.25, -0.2) is 9.97 Å². The monoisotopic (exact) mass is 471 g/mol. The number of halogens is 4. The number of alkyl halides is 3. The Morgan fingerprint density at radius 2 is 1.91 bits per heavy atom. The summed E-state index contributed by atoms with van der Waals surface area (Å²) in [5.74, 6) is 0.392. The molecule has 9 heteroatoms. The second-order valence-corrected chi connectivity index (χ2v) is 8.37. The van der Waals surface area contributed by atoms with E-state index in [9.17, 15) is 18.0 Å². The van der Waals surface area contributed by atoms with Crippen LogP contribution in [0.1, 0.15) is 22.4 Å². The van der Waals surface area contributed by atoms with E-state index < -0.39 is 11.7 Å². The van der Waals surface area contributed by atoms with Crippen LogP contribution in [0.5, 0.6) is 0 Å². The Hall–Kier alpha value is -3.23. The molecule has 3 heterocycles. The standard InChI is InChI=1S/C24H17ClF3N3O2/c25-18-5-6-21-19(9-18)22(32)16(13-33-21)12-31-8-7-20-15(11-31)10-29-23(30-20)14-1-3-17(4-2-14)24(26,27)28/h1-6,9-10,13H,7-8,11-12H2. The van der Waals surface area contributed by atoms with Crippen LogP contribution in [0.4, 0.5) is 13.2 Å². The maximum atomic E-state index is 12.8. The van der Waals surface area contributed by atoms with Crippen LogP contribution < -0.4 is 5.43 Å². The zero-order valence-electron chi connectivity index (χ0n) is 17.2. The van der Waals surface area contributed by atoms with Gasteiger partial charge in [0.25, 0.3) is 0 Å². The highest BCUT2D eigenvalue weighted by molar-refractivity contribution is 6.31. The Labute approximate surface area is 191 Å². The maximum absolute atomic E-state index is 12.8. The number of rotatable bonds is 3. The summed E-state index contributed by atoms with van der Waals surface area (Å²) in [6, 6.07) is 9.77. The number of hydrogen-bond donors (Lipinski definition) is 0. The molecule has 0 fully saturated rings. The molecule has 0 amide bonds. The van der Waals surface area contributed by atoms with Gasteiger partial charge in [0.05, 0.1) is 22.9 Å². The third-order valence-electron chi connectivity index (χ3n) is 5.68. The van der Waals surface area contributed by atoms with Crippen LogP contribution in [-0.2, 0) is 25.7 Å². The van der Waals surface area contributed by atoms with Crippen LogP contribution in [-0.4, -0.2) is 21.4 Å². The quantitative estimate of drug-likeness (QED) is 0.396. The van der Waals surface area contributed by atoms with E-state index in [0.29, 0.717) is 59.0 Å². The fourth-order valence-corrected chi connectivity index (χ4v) is 4.12. The highest BCUT2D eigenvalue weighted by Gasteiger charge is 2.30. The minimum atomic E-state index is -4.38. The van der Waals surface area contributed by atoms with Crippen LogP contribution in [0.2, 0.25) is 5.02 Å². The van der Waals surface area contributed by atoms with Crippen LogP contribution in [0.3, 0.4) is 0 Å². The molecule has 2 aromatic carbocycles. The van der Waals surface area contributed by atoms with Crippen molar-refractivity contribution in [3.05, 3.63) is 92.6 Å². The zero-order valence-corrected chi connectivity index (χ0v) is 18.0. The number of benzene rings is 2. The van der Waals surface area contributed by atoms with Crippen LogP contribution in [0, 0.1) is 0 Å². The molecule has 4 aromatic rings. The Morgan fingerprint density at radius 3 is 2.67 bits per heavy atom. The Kier molecular flexibility index (Phi) is 5.42. The average molecular weight is 472 g/mol. The van der Waals surface area contributed by atoms with E-state index in [1.807, 2.05) is 0 Å². The molecular formula is C24H17ClF3N3O2. The molecule has 1 aliphatic rings. The lowest BCUT2D eigenvalue weighted by atomic mass is 10.1. The van der Waals surface area contributed by atoms with Crippen molar-refractivity contribution in [3.8, 4) is 11.4 Å². The molecule has 0 saturated heterocycles. The van der Waals surface area contributed by atoms with E-state index in [2.05, 4.69) is 14.9 Å². The molecule has 168 valence electrons. The molecular weight excluding hydrogens is 455 g/mol. The van der Waals surface area contributed by atoms with Gasteiger partial charge in [-0.2, -0.15) is 13.2 Å². The smallest absolute Gasteiger partial charge is 0.416 e. The molecule has 0 spiro atoms. The first-order chi connectivity index (χ1) is 15.8. The summed E-state index contributed by atoms with van der Waals surface area (Å²) < 4.78 is 44.0. The van der Waals surface area contributed by atoms with Crippen molar-refractivity contribution < 1.29 is 17.6 Å². The van der Waals surface area contributed by atoms with E-state index in [4.69, 9.17) is 16.0 Å². The van der Waals surface area contributed by atoms with Gasteiger partial charge in [0.1, 0.15) is 5.58 Å². The molecule has 33 heavy (non-hydrogen) atoms. The van der Waals surface area contributed by atoms with Crippen LogP contribution in [0.25, 0.3) is 22.4 Å². The topological polar surface area (TPSA) is 59.2 Å². The van der Waals surface area contributed by atoms with E-state index >= 15 is 0 Å². The summed E-state index contributed by atoms with van der Waals surface area (Å²) in [7, 11) is 0. The van der Waals surface area contributed by atoms with Gasteiger partial charge in [-0.15, -0.1) is 0 Å². The van der Waals surface area contributed by atoms with Crippen molar-refractivity contribution in [2.24, 2.45) is 0 Å². The fourth-order valence-electron chi connectivity index (χ4n) is 3.95. The van der Waals surface area contributed by atoms with Crippen molar-refractivity contribution in [2.45, 2.75) is 25.7 Å². The SMILES string of the molecule is O=c1c(CN2CCc3nc(-c4ccc(C(F)(F)F)cc4)ncc3C2)coc2ccc(Cl)cc12. The molecule has 0 aliphatic carbocycles. The minimum absolute atomic E-state index is 0.113. The number of aromatic nitrogens is 2. The highest BCUT2D eigenvalue weighted by Crippen LogP contribution is 2.30. The third-order valence-corrected chi connectivity index (χ3v) is 5.92. The number of nitrogens with zero attached hydrogens (tertiary/aromatic N) is 3. The fraction of sp³-hybridized carbons (Fsp3) is 0.208. The largest absolute Gasteiger partial charge is 0.464 e. The minimum Gasteiger partial charge on any atom is -0.464 e. The zero-order chi connectivity index (χ0) is 23.2. The van der Waals surface area contributed by atoms with Crippen molar-refractivity contribution >= 4 is 22.6 Å². The first-order valence-corrected chi connectivity index (χ1v) is 10.6. The Bertz CT molecular complexity index is 1400. The van der Waals surface area contributed by atoms with Crippen molar-refractivity contribution in [2.75, 3.05) is 6.54 Å². The summed E-state index contributed by atoms with van der Waals surface area (Å²) >= 11 is 6.02. The molecule has 5 rings (SSSR count). The van der Waals surface area contributed by atoms with Crippen molar-refractivity contribution in [1.29, 1.82) is 0 Å². The summed E-state index contributed by atoms with van der Waals surface area (Å²) in [6.45, 7) is 1.63. The lowest BCUT2D eigenvalue weighted by Crippen LogP contribution is -2.32. The summed E-state index contributed by atoms with van der Waals surface area (Å²) in [6.07, 6.45) is -0.564. The van der Waals surface area contributed by atoms with Gasteiger partial charge in [-0.05, 0) is 30.3 Å². The van der Waals surface area contributed by atoms with E-state index in [-0.39, 0.29) is 5.43 Å². The lowest BCUT2D eigenvalue weighted by Gasteiger charge is -2.27. The molecule has 5 nitrogen and oxygen atoms in total. The molecule has 0 radical (unpaired) electrons. The van der Waals surface area contributed by atoms with Gasteiger partial charge < -0.3 is 4.42 Å². The second-order valence-electron chi connectivity index (χ2n) is 7.93. The summed E-state index contributed by atoms with van der Waals surface area (Å²) in [4.78, 5) is 23.9. The van der Waals surface area contributed by atoms with Gasteiger partial charge >= 0.3 is 6.18 Å². The normalized spacial score (nSPS) is 14.4. The summed E-state index contributed by atoms with van der Waals surface area (Å²) in [5, 5.41) is 0.918. The molecule has 0 atom stereocenters. The molecule has 0 unspecified atom stereocenters. The van der Waals surface area contributed by atoms with Crippen molar-refractivity contribution in [1.82, 2.24) is 14.9 Å². The van der Waals surface area contributed by atoms with Gasteiger partial charge in [-0.3, -0.25) is 9.69 Å². The predicted molar refractivity (Wildman–Crippen MR) is 118 cm³/mol. The number of fused-ring (bicyclic) bond motifs is 2.